The summed E-state index contributed by atoms with van der Waals surface area (Å²) in [6.45, 7) is 0. The number of nitrogens with zero attached hydrogens (tertiary/aromatic N) is 1. The van der Waals surface area contributed by atoms with Crippen LogP contribution in [0.5, 0.6) is 0 Å². The molecular weight excluding hydrogens is 394 g/mol. The molecule has 1 heterocycles. The fourth-order valence-corrected chi connectivity index (χ4v) is 3.73. The highest BCUT2D eigenvalue weighted by molar-refractivity contribution is 7.81. The molecule has 5 heteroatoms. The Labute approximate surface area is 178 Å². The molecule has 0 bridgehead atoms. The third-order valence-electron chi connectivity index (χ3n) is 5.15. The van der Waals surface area contributed by atoms with Crippen molar-refractivity contribution in [2.24, 2.45) is 0 Å². The lowest BCUT2D eigenvalue weighted by molar-refractivity contribution is -0.136. The summed E-state index contributed by atoms with van der Waals surface area (Å²) in [5.41, 5.74) is 2.30. The number of rotatable bonds is 4. The van der Waals surface area contributed by atoms with Crippen LogP contribution in [-0.4, -0.2) is 16.1 Å². The minimum atomic E-state index is -1.14. The topological polar surface area (TPSA) is 63.3 Å². The molecule has 5 rings (SSSR count). The summed E-state index contributed by atoms with van der Waals surface area (Å²) >= 11 is 4.16. The molecule has 4 nitrogen and oxygen atoms in total. The zero-order valence-corrected chi connectivity index (χ0v) is 16.7. The first-order chi connectivity index (χ1) is 14.6. The van der Waals surface area contributed by atoms with E-state index in [1.807, 2.05) is 84.9 Å². The van der Waals surface area contributed by atoms with Gasteiger partial charge in [0.1, 0.15) is 5.69 Å². The van der Waals surface area contributed by atoms with E-state index in [4.69, 9.17) is 4.42 Å². The van der Waals surface area contributed by atoms with Gasteiger partial charge in [-0.1, -0.05) is 72.8 Å². The molecule has 0 saturated heterocycles. The zero-order valence-electron chi connectivity index (χ0n) is 15.8. The maximum Gasteiger partial charge on any atom is 0.325 e. The summed E-state index contributed by atoms with van der Waals surface area (Å²) in [4.78, 5) is 16.0. The smallest absolute Gasteiger partial charge is 0.325 e. The maximum atomic E-state index is 11.5. The van der Waals surface area contributed by atoms with E-state index in [1.54, 1.807) is 0 Å². The van der Waals surface area contributed by atoms with Crippen molar-refractivity contribution in [1.82, 2.24) is 4.98 Å². The highest BCUT2D eigenvalue weighted by Crippen LogP contribution is 2.37. The van der Waals surface area contributed by atoms with Gasteiger partial charge in [0.15, 0.2) is 11.0 Å². The van der Waals surface area contributed by atoms with Crippen molar-refractivity contribution in [2.45, 2.75) is 5.25 Å². The number of carboxylic acid groups (broad SMARTS) is 1. The Kier molecular flexibility index (Phi) is 4.52. The van der Waals surface area contributed by atoms with Crippen LogP contribution in [0.3, 0.4) is 0 Å². The van der Waals surface area contributed by atoms with Gasteiger partial charge in [0.05, 0.1) is 0 Å². The van der Waals surface area contributed by atoms with Crippen LogP contribution in [0.25, 0.3) is 44.1 Å². The van der Waals surface area contributed by atoms with Gasteiger partial charge in [-0.15, -0.1) is 0 Å². The number of carboxylic acids is 1. The third-order valence-corrected chi connectivity index (χ3v) is 5.59. The predicted octanol–water partition coefficient (Wildman–Crippen LogP) is 6.37. The minimum Gasteiger partial charge on any atom is -0.480 e. The van der Waals surface area contributed by atoms with Crippen LogP contribution >= 0.6 is 12.6 Å². The monoisotopic (exact) mass is 411 g/mol. The lowest BCUT2D eigenvalue weighted by atomic mass is 10.0. The molecule has 1 N–H and O–H groups in total. The number of thiol groups is 1. The number of aliphatic carboxylic acids is 1. The van der Waals surface area contributed by atoms with Crippen molar-refractivity contribution in [3.63, 3.8) is 0 Å². The Morgan fingerprint density at radius 3 is 1.93 bits per heavy atom. The van der Waals surface area contributed by atoms with Crippen LogP contribution in [0, 0.1) is 0 Å². The Balaban J connectivity index is 1.72. The van der Waals surface area contributed by atoms with Crippen molar-refractivity contribution in [3.8, 4) is 22.6 Å². The van der Waals surface area contributed by atoms with E-state index in [1.165, 1.54) is 0 Å². The Hall–Kier alpha value is -3.57. The third kappa shape index (κ3) is 3.23. The summed E-state index contributed by atoms with van der Waals surface area (Å²) in [5, 5.41) is 12.6. The zero-order chi connectivity index (χ0) is 20.7. The quantitative estimate of drug-likeness (QED) is 0.337. The first-order valence-electron chi connectivity index (χ1n) is 9.50. The van der Waals surface area contributed by atoms with E-state index in [2.05, 4.69) is 17.6 Å². The first kappa shape index (κ1) is 18.5. The molecule has 0 fully saturated rings. The van der Waals surface area contributed by atoms with E-state index < -0.39 is 11.2 Å². The van der Waals surface area contributed by atoms with Gasteiger partial charge in [-0.2, -0.15) is 12.6 Å². The number of aromatic nitrogens is 1. The SMILES string of the molecule is O=C(O)C(S)c1nc(-c2ccc3ccccc3c2)c(-c2ccc3ccccc3c2)o1. The molecule has 0 aliphatic heterocycles. The lowest BCUT2D eigenvalue weighted by Crippen LogP contribution is -2.05. The average Bonchev–Trinajstić information content (AvgIpc) is 3.23. The van der Waals surface area contributed by atoms with Crippen molar-refractivity contribution < 1.29 is 14.3 Å². The second-order valence-corrected chi connectivity index (χ2v) is 7.61. The van der Waals surface area contributed by atoms with Crippen LogP contribution in [-0.2, 0) is 4.79 Å². The molecule has 0 radical (unpaired) electrons. The van der Waals surface area contributed by atoms with E-state index in [0.29, 0.717) is 11.5 Å². The van der Waals surface area contributed by atoms with Crippen LogP contribution in [0.1, 0.15) is 11.1 Å². The molecule has 1 atom stereocenters. The molecule has 1 aromatic heterocycles. The van der Waals surface area contributed by atoms with Gasteiger partial charge in [-0.3, -0.25) is 4.79 Å². The Morgan fingerprint density at radius 2 is 1.33 bits per heavy atom. The van der Waals surface area contributed by atoms with Crippen LogP contribution in [0.15, 0.2) is 89.3 Å². The first-order valence-corrected chi connectivity index (χ1v) is 10.0. The Bertz CT molecular complexity index is 1310. The molecule has 0 saturated carbocycles. The van der Waals surface area contributed by atoms with Crippen molar-refractivity contribution in [2.75, 3.05) is 0 Å². The highest BCUT2D eigenvalue weighted by atomic mass is 32.1. The van der Waals surface area contributed by atoms with Crippen molar-refractivity contribution >= 4 is 40.1 Å². The van der Waals surface area contributed by atoms with E-state index in [-0.39, 0.29) is 5.89 Å². The molecule has 146 valence electrons. The summed E-state index contributed by atoms with van der Waals surface area (Å²) < 4.78 is 5.97. The number of fused-ring (bicyclic) bond motifs is 2. The number of carbonyl (C=O) groups is 1. The van der Waals surface area contributed by atoms with E-state index in [9.17, 15) is 9.90 Å². The molecule has 0 aliphatic rings. The van der Waals surface area contributed by atoms with Gasteiger partial charge in [-0.25, -0.2) is 4.98 Å². The fraction of sp³-hybridized carbons (Fsp3) is 0.0400. The number of hydrogen-bond acceptors (Lipinski definition) is 4. The second kappa shape index (κ2) is 7.35. The molecule has 0 amide bonds. The van der Waals surface area contributed by atoms with Gasteiger partial charge in [-0.05, 0) is 33.7 Å². The predicted molar refractivity (Wildman–Crippen MR) is 122 cm³/mol. The summed E-state index contributed by atoms with van der Waals surface area (Å²) in [5.74, 6) is -0.502. The van der Waals surface area contributed by atoms with Crippen LogP contribution in [0.4, 0.5) is 0 Å². The lowest BCUT2D eigenvalue weighted by Gasteiger charge is -2.05. The number of hydrogen-bond donors (Lipinski definition) is 2. The number of oxazole rings is 1. The Morgan fingerprint density at radius 1 is 0.800 bits per heavy atom. The van der Waals surface area contributed by atoms with Crippen molar-refractivity contribution in [3.05, 3.63) is 90.8 Å². The number of benzene rings is 4. The minimum absolute atomic E-state index is 0.0668. The molecule has 4 aromatic carbocycles. The van der Waals surface area contributed by atoms with Gasteiger partial charge in [0.25, 0.3) is 0 Å². The highest BCUT2D eigenvalue weighted by Gasteiger charge is 2.25. The average molecular weight is 411 g/mol. The molecule has 1 unspecified atom stereocenters. The molecule has 5 aromatic rings. The van der Waals surface area contributed by atoms with Gasteiger partial charge >= 0.3 is 5.97 Å². The van der Waals surface area contributed by atoms with Gasteiger partial charge in [0.2, 0.25) is 5.89 Å². The van der Waals surface area contributed by atoms with Crippen LogP contribution in [0.2, 0.25) is 0 Å². The summed E-state index contributed by atoms with van der Waals surface area (Å²) in [6.07, 6.45) is 0. The van der Waals surface area contributed by atoms with E-state index >= 15 is 0 Å². The maximum absolute atomic E-state index is 11.5. The largest absolute Gasteiger partial charge is 0.480 e. The normalized spacial score (nSPS) is 12.3. The van der Waals surface area contributed by atoms with E-state index in [0.717, 1.165) is 32.7 Å². The summed E-state index contributed by atoms with van der Waals surface area (Å²) in [7, 11) is 0. The fourth-order valence-electron chi connectivity index (χ4n) is 3.62. The molecule has 30 heavy (non-hydrogen) atoms. The molecule has 0 aliphatic carbocycles. The van der Waals surface area contributed by atoms with Gasteiger partial charge < -0.3 is 9.52 Å². The van der Waals surface area contributed by atoms with Crippen LogP contribution < -0.4 is 0 Å². The van der Waals surface area contributed by atoms with Gasteiger partial charge in [0, 0.05) is 11.1 Å². The standard InChI is InChI=1S/C25H17NO3S/c27-25(28)23(30)24-26-21(19-11-9-15-5-1-3-7-17(15)13-19)22(29-24)20-12-10-16-6-2-4-8-18(16)14-20/h1-14,23,30H,(H,27,28). The molecule has 0 spiro atoms. The summed E-state index contributed by atoms with van der Waals surface area (Å²) in [6, 6.07) is 28.2. The van der Waals surface area contributed by atoms with Crippen molar-refractivity contribution in [1.29, 1.82) is 0 Å². The second-order valence-electron chi connectivity index (χ2n) is 7.09. The molecular formula is C25H17NO3S.